The SMILES string of the molecule is CCSc1nnc(NC(=O)CSc2nc3c([nH]c4ccccc43)c(=O)n2-c2ccccc2)s1. The van der Waals surface area contributed by atoms with Gasteiger partial charge in [0.15, 0.2) is 9.50 Å². The highest BCUT2D eigenvalue weighted by Gasteiger charge is 2.18. The number of fused-ring (bicyclic) bond motifs is 3. The highest BCUT2D eigenvalue weighted by Crippen LogP contribution is 2.27. The van der Waals surface area contributed by atoms with Crippen LogP contribution >= 0.6 is 34.9 Å². The normalized spacial score (nSPS) is 11.3. The second kappa shape index (κ2) is 9.38. The third-order valence-corrected chi connectivity index (χ3v) is 7.55. The average Bonchev–Trinajstić information content (AvgIpc) is 3.43. The van der Waals surface area contributed by atoms with Gasteiger partial charge in [0.1, 0.15) is 11.0 Å². The van der Waals surface area contributed by atoms with Crippen molar-refractivity contribution in [3.8, 4) is 5.69 Å². The highest BCUT2D eigenvalue weighted by molar-refractivity contribution is 8.01. The molecule has 166 valence electrons. The van der Waals surface area contributed by atoms with Crippen LogP contribution in [0.15, 0.2) is 68.9 Å². The van der Waals surface area contributed by atoms with E-state index in [0.717, 1.165) is 21.0 Å². The first-order valence-corrected chi connectivity index (χ1v) is 12.9. The van der Waals surface area contributed by atoms with E-state index in [2.05, 4.69) is 20.5 Å². The second-order valence-corrected chi connectivity index (χ2v) is 10.3. The zero-order valence-corrected chi connectivity index (χ0v) is 19.9. The van der Waals surface area contributed by atoms with Gasteiger partial charge < -0.3 is 4.98 Å². The van der Waals surface area contributed by atoms with Gasteiger partial charge in [-0.2, -0.15) is 0 Å². The van der Waals surface area contributed by atoms with Crippen molar-refractivity contribution in [2.75, 3.05) is 16.8 Å². The average molecular weight is 495 g/mol. The van der Waals surface area contributed by atoms with Gasteiger partial charge in [-0.25, -0.2) is 4.98 Å². The minimum Gasteiger partial charge on any atom is -0.349 e. The van der Waals surface area contributed by atoms with Crippen LogP contribution in [0.4, 0.5) is 5.13 Å². The van der Waals surface area contributed by atoms with Crippen LogP contribution in [0.5, 0.6) is 0 Å². The number of hydrogen-bond donors (Lipinski definition) is 2. The molecule has 33 heavy (non-hydrogen) atoms. The van der Waals surface area contributed by atoms with Gasteiger partial charge in [0.25, 0.3) is 5.56 Å². The monoisotopic (exact) mass is 494 g/mol. The van der Waals surface area contributed by atoms with E-state index in [4.69, 9.17) is 4.98 Å². The Morgan fingerprint density at radius 2 is 1.88 bits per heavy atom. The molecule has 3 heterocycles. The molecule has 0 aliphatic rings. The van der Waals surface area contributed by atoms with E-state index in [1.807, 2.05) is 61.5 Å². The molecule has 0 spiro atoms. The first-order chi connectivity index (χ1) is 16.1. The second-order valence-electron chi connectivity index (χ2n) is 6.91. The van der Waals surface area contributed by atoms with Crippen molar-refractivity contribution in [2.45, 2.75) is 16.4 Å². The molecule has 2 aromatic carbocycles. The number of amides is 1. The van der Waals surface area contributed by atoms with Crippen LogP contribution in [0, 0.1) is 0 Å². The van der Waals surface area contributed by atoms with Crippen molar-refractivity contribution < 1.29 is 4.79 Å². The van der Waals surface area contributed by atoms with Crippen LogP contribution in [0.25, 0.3) is 27.6 Å². The molecule has 0 bridgehead atoms. The van der Waals surface area contributed by atoms with E-state index < -0.39 is 0 Å². The molecular formula is C22H18N6O2S3. The fourth-order valence-electron chi connectivity index (χ4n) is 3.37. The summed E-state index contributed by atoms with van der Waals surface area (Å²) in [5, 5.41) is 12.6. The Morgan fingerprint density at radius 1 is 1.09 bits per heavy atom. The first-order valence-electron chi connectivity index (χ1n) is 10.1. The molecule has 8 nitrogen and oxygen atoms in total. The molecule has 0 saturated carbocycles. The van der Waals surface area contributed by atoms with Gasteiger partial charge in [-0.3, -0.25) is 19.5 Å². The van der Waals surface area contributed by atoms with Crippen LogP contribution in [0.2, 0.25) is 0 Å². The number of anilines is 1. The standard InChI is InChI=1S/C22H18N6O2S3/c1-2-31-22-27-26-20(33-22)24-16(29)12-32-21-25-17-14-10-6-7-11-15(14)23-18(17)19(30)28(21)13-8-4-3-5-9-13/h3-11,23H,2,12H2,1H3,(H,24,26,29). The largest absolute Gasteiger partial charge is 0.349 e. The fraction of sp³-hybridized carbons (Fsp3) is 0.136. The molecule has 2 N–H and O–H groups in total. The van der Waals surface area contributed by atoms with E-state index in [1.54, 1.807) is 11.8 Å². The van der Waals surface area contributed by atoms with Gasteiger partial charge in [-0.15, -0.1) is 10.2 Å². The summed E-state index contributed by atoms with van der Waals surface area (Å²) in [7, 11) is 0. The topological polar surface area (TPSA) is 106 Å². The maximum Gasteiger partial charge on any atom is 0.283 e. The number of nitrogens with one attached hydrogen (secondary N) is 2. The predicted octanol–water partition coefficient (Wildman–Crippen LogP) is 4.56. The number of aromatic amines is 1. The summed E-state index contributed by atoms with van der Waals surface area (Å²) < 4.78 is 2.35. The fourth-order valence-corrected chi connectivity index (χ4v) is 5.84. The quantitative estimate of drug-likeness (QED) is 0.194. The smallest absolute Gasteiger partial charge is 0.283 e. The lowest BCUT2D eigenvalue weighted by molar-refractivity contribution is -0.113. The van der Waals surface area contributed by atoms with E-state index in [-0.39, 0.29) is 17.2 Å². The number of benzene rings is 2. The Bertz CT molecular complexity index is 1510. The van der Waals surface area contributed by atoms with Crippen LogP contribution in [0.3, 0.4) is 0 Å². The summed E-state index contributed by atoms with van der Waals surface area (Å²) in [4.78, 5) is 34.1. The Balaban J connectivity index is 1.49. The van der Waals surface area contributed by atoms with Crippen LogP contribution in [-0.4, -0.2) is 42.1 Å². The van der Waals surface area contributed by atoms with E-state index in [1.165, 1.54) is 27.7 Å². The number of aromatic nitrogens is 5. The Hall–Kier alpha value is -3.15. The molecule has 3 aromatic heterocycles. The molecule has 0 aliphatic heterocycles. The summed E-state index contributed by atoms with van der Waals surface area (Å²) in [5.74, 6) is 0.720. The Kier molecular flexibility index (Phi) is 6.16. The Morgan fingerprint density at radius 3 is 2.70 bits per heavy atom. The van der Waals surface area contributed by atoms with Crippen molar-refractivity contribution >= 4 is 67.8 Å². The summed E-state index contributed by atoms with van der Waals surface area (Å²) >= 11 is 4.12. The van der Waals surface area contributed by atoms with Crippen LogP contribution in [-0.2, 0) is 4.79 Å². The van der Waals surface area contributed by atoms with Gasteiger partial charge in [-0.1, -0.05) is 78.2 Å². The van der Waals surface area contributed by atoms with Gasteiger partial charge in [-0.05, 0) is 24.0 Å². The maximum atomic E-state index is 13.5. The summed E-state index contributed by atoms with van der Waals surface area (Å²) in [5.41, 5.74) is 2.34. The summed E-state index contributed by atoms with van der Waals surface area (Å²) in [6, 6.07) is 17.0. The molecular weight excluding hydrogens is 476 g/mol. The van der Waals surface area contributed by atoms with Crippen LogP contribution in [0.1, 0.15) is 6.92 Å². The van der Waals surface area contributed by atoms with Gasteiger partial charge >= 0.3 is 0 Å². The zero-order chi connectivity index (χ0) is 22.8. The van der Waals surface area contributed by atoms with Crippen molar-refractivity contribution in [3.63, 3.8) is 0 Å². The number of carbonyl (C=O) groups is 1. The third-order valence-electron chi connectivity index (χ3n) is 4.76. The molecule has 11 heteroatoms. The van der Waals surface area contributed by atoms with Crippen molar-refractivity contribution in [1.29, 1.82) is 0 Å². The lowest BCUT2D eigenvalue weighted by atomic mass is 10.2. The molecule has 0 unspecified atom stereocenters. The molecule has 0 atom stereocenters. The maximum absolute atomic E-state index is 13.5. The zero-order valence-electron chi connectivity index (χ0n) is 17.4. The lowest BCUT2D eigenvalue weighted by Crippen LogP contribution is -2.23. The van der Waals surface area contributed by atoms with Crippen molar-refractivity contribution in [2.24, 2.45) is 0 Å². The van der Waals surface area contributed by atoms with Gasteiger partial charge in [0, 0.05) is 10.9 Å². The molecule has 5 aromatic rings. The number of nitrogens with zero attached hydrogens (tertiary/aromatic N) is 4. The molecule has 0 radical (unpaired) electrons. The lowest BCUT2D eigenvalue weighted by Gasteiger charge is -2.11. The van der Waals surface area contributed by atoms with E-state index in [9.17, 15) is 9.59 Å². The van der Waals surface area contributed by atoms with E-state index >= 15 is 0 Å². The first kappa shape index (κ1) is 21.7. The number of thioether (sulfide) groups is 2. The number of carbonyl (C=O) groups excluding carboxylic acids is 1. The van der Waals surface area contributed by atoms with E-state index in [0.29, 0.717) is 27.0 Å². The summed E-state index contributed by atoms with van der Waals surface area (Å²) in [6.07, 6.45) is 0. The van der Waals surface area contributed by atoms with Crippen LogP contribution < -0.4 is 10.9 Å². The number of hydrogen-bond acceptors (Lipinski definition) is 8. The highest BCUT2D eigenvalue weighted by atomic mass is 32.2. The Labute approximate surface area is 200 Å². The number of rotatable bonds is 7. The molecule has 1 amide bonds. The van der Waals surface area contributed by atoms with Crippen molar-refractivity contribution in [1.82, 2.24) is 24.7 Å². The third kappa shape index (κ3) is 4.39. The summed E-state index contributed by atoms with van der Waals surface area (Å²) in [6.45, 7) is 2.03. The van der Waals surface area contributed by atoms with Gasteiger partial charge in [0.2, 0.25) is 11.0 Å². The predicted molar refractivity (Wildman–Crippen MR) is 135 cm³/mol. The minimum atomic E-state index is -0.239. The van der Waals surface area contributed by atoms with Crippen molar-refractivity contribution in [3.05, 3.63) is 65.0 Å². The molecule has 5 rings (SSSR count). The molecule has 0 saturated heterocycles. The number of H-pyrrole nitrogens is 1. The molecule has 0 aliphatic carbocycles. The van der Waals surface area contributed by atoms with Gasteiger partial charge in [0.05, 0.1) is 11.4 Å². The number of para-hydroxylation sites is 2. The molecule has 0 fully saturated rings. The minimum absolute atomic E-state index is 0.0724.